The highest BCUT2D eigenvalue weighted by Gasteiger charge is 2.21. The van der Waals surface area contributed by atoms with Crippen LogP contribution in [0, 0.1) is 12.7 Å². The number of benzene rings is 2. The third-order valence-electron chi connectivity index (χ3n) is 5.33. The van der Waals surface area contributed by atoms with Gasteiger partial charge in [-0.05, 0) is 48.1 Å². The molecule has 0 aliphatic carbocycles. The number of halogens is 1. The molecule has 5 nitrogen and oxygen atoms in total. The number of carbonyl (C=O) groups is 1. The van der Waals surface area contributed by atoms with Crippen molar-refractivity contribution in [3.8, 4) is 11.1 Å². The highest BCUT2D eigenvalue weighted by Crippen LogP contribution is 2.39. The van der Waals surface area contributed by atoms with Gasteiger partial charge in [0.25, 0.3) is 0 Å². The van der Waals surface area contributed by atoms with Crippen molar-refractivity contribution in [1.29, 1.82) is 0 Å². The lowest BCUT2D eigenvalue weighted by atomic mass is 9.95. The van der Waals surface area contributed by atoms with Crippen molar-refractivity contribution in [2.45, 2.75) is 52.1 Å². The predicted octanol–water partition coefficient (Wildman–Crippen LogP) is 5.88. The number of aliphatic hydroxyl groups is 2. The molecule has 0 fully saturated rings. The number of para-hydroxylation sites is 1. The molecule has 3 rings (SSSR count). The molecule has 164 valence electrons. The van der Waals surface area contributed by atoms with Crippen LogP contribution in [0.15, 0.2) is 52.7 Å². The fraction of sp³-hybridized carbons (Fsp3) is 0.320. The Labute approximate surface area is 180 Å². The molecule has 3 aromatic rings. The number of furan rings is 1. The maximum atomic E-state index is 13.9. The van der Waals surface area contributed by atoms with Crippen molar-refractivity contribution in [3.05, 3.63) is 70.9 Å². The average molecular weight is 426 g/mol. The van der Waals surface area contributed by atoms with Gasteiger partial charge in [0.1, 0.15) is 22.9 Å². The smallest absolute Gasteiger partial charge is 0.331 e. The van der Waals surface area contributed by atoms with Gasteiger partial charge in [-0.1, -0.05) is 38.1 Å². The maximum absolute atomic E-state index is 13.9. The standard InChI is InChI=1S/C25H27FO5/c1-14(2)19-5-4-6-20-24(16-7-9-21(26)15(3)11-16)22(31-25(19)20)10-8-17(27)12-18(28)13-23(29)30/h4-7,9,11,13-14,17,27-28H,8,10,12H2,1-3H3,(H,29,30)/b18-13+. The first-order chi connectivity index (χ1) is 14.7. The Morgan fingerprint density at radius 1 is 1.19 bits per heavy atom. The second kappa shape index (κ2) is 9.35. The van der Waals surface area contributed by atoms with Crippen molar-refractivity contribution in [1.82, 2.24) is 0 Å². The summed E-state index contributed by atoms with van der Waals surface area (Å²) in [5.41, 5.74) is 4.05. The summed E-state index contributed by atoms with van der Waals surface area (Å²) in [5.74, 6) is -1.03. The molecule has 3 N–H and O–H groups in total. The van der Waals surface area contributed by atoms with Crippen molar-refractivity contribution in [2.75, 3.05) is 0 Å². The predicted molar refractivity (Wildman–Crippen MR) is 118 cm³/mol. The van der Waals surface area contributed by atoms with Gasteiger partial charge in [-0.2, -0.15) is 0 Å². The molecule has 0 aliphatic rings. The largest absolute Gasteiger partial charge is 0.512 e. The van der Waals surface area contributed by atoms with Crippen LogP contribution in [0.2, 0.25) is 0 Å². The molecule has 0 saturated carbocycles. The fourth-order valence-electron chi connectivity index (χ4n) is 3.78. The van der Waals surface area contributed by atoms with Crippen LogP contribution in [0.25, 0.3) is 22.1 Å². The molecule has 0 bridgehead atoms. The van der Waals surface area contributed by atoms with Crippen LogP contribution in [-0.2, 0) is 11.2 Å². The first kappa shape index (κ1) is 22.6. The van der Waals surface area contributed by atoms with Gasteiger partial charge >= 0.3 is 5.97 Å². The van der Waals surface area contributed by atoms with Crippen molar-refractivity contribution in [3.63, 3.8) is 0 Å². The molecule has 1 heterocycles. The minimum atomic E-state index is -1.27. The van der Waals surface area contributed by atoms with Gasteiger partial charge in [-0.15, -0.1) is 0 Å². The fourth-order valence-corrected chi connectivity index (χ4v) is 3.78. The maximum Gasteiger partial charge on any atom is 0.331 e. The number of aryl methyl sites for hydroxylation is 2. The number of hydrogen-bond acceptors (Lipinski definition) is 4. The lowest BCUT2D eigenvalue weighted by Crippen LogP contribution is -2.10. The molecular formula is C25H27FO5. The third-order valence-corrected chi connectivity index (χ3v) is 5.33. The second-order valence-corrected chi connectivity index (χ2v) is 8.11. The van der Waals surface area contributed by atoms with Crippen molar-refractivity contribution < 1.29 is 28.9 Å². The van der Waals surface area contributed by atoms with E-state index in [-0.39, 0.29) is 30.3 Å². The molecule has 0 amide bonds. The van der Waals surface area contributed by atoms with E-state index in [1.807, 2.05) is 18.2 Å². The zero-order valence-electron chi connectivity index (χ0n) is 17.9. The topological polar surface area (TPSA) is 90.9 Å². The van der Waals surface area contributed by atoms with E-state index in [0.717, 1.165) is 27.7 Å². The van der Waals surface area contributed by atoms with E-state index >= 15 is 0 Å². The average Bonchev–Trinajstić information content (AvgIpc) is 3.06. The van der Waals surface area contributed by atoms with Crippen molar-refractivity contribution >= 4 is 16.9 Å². The minimum absolute atomic E-state index is 0.158. The van der Waals surface area contributed by atoms with Crippen LogP contribution >= 0.6 is 0 Å². The first-order valence-electron chi connectivity index (χ1n) is 10.3. The Hall–Kier alpha value is -3.12. The summed E-state index contributed by atoms with van der Waals surface area (Å²) in [7, 11) is 0. The molecule has 0 radical (unpaired) electrons. The summed E-state index contributed by atoms with van der Waals surface area (Å²) in [5, 5.41) is 29.5. The number of aliphatic carboxylic acids is 1. The normalized spacial score (nSPS) is 13.2. The Bertz CT molecular complexity index is 1130. The molecule has 31 heavy (non-hydrogen) atoms. The Balaban J connectivity index is 2.00. The van der Waals surface area contributed by atoms with Gasteiger partial charge in [0, 0.05) is 23.8 Å². The van der Waals surface area contributed by atoms with E-state index in [9.17, 15) is 19.4 Å². The van der Waals surface area contributed by atoms with E-state index in [2.05, 4.69) is 13.8 Å². The zero-order valence-corrected chi connectivity index (χ0v) is 17.9. The highest BCUT2D eigenvalue weighted by molar-refractivity contribution is 5.97. The number of fused-ring (bicyclic) bond motifs is 1. The third kappa shape index (κ3) is 5.14. The summed E-state index contributed by atoms with van der Waals surface area (Å²) in [6, 6.07) is 10.9. The Morgan fingerprint density at radius 2 is 1.94 bits per heavy atom. The van der Waals surface area contributed by atoms with E-state index in [4.69, 9.17) is 9.52 Å². The highest BCUT2D eigenvalue weighted by atomic mass is 19.1. The van der Waals surface area contributed by atoms with Gasteiger partial charge in [-0.3, -0.25) is 0 Å². The number of hydrogen-bond donors (Lipinski definition) is 3. The molecule has 6 heteroatoms. The minimum Gasteiger partial charge on any atom is -0.512 e. The molecule has 0 aliphatic heterocycles. The van der Waals surface area contributed by atoms with Crippen LogP contribution in [0.5, 0.6) is 0 Å². The van der Waals surface area contributed by atoms with Gasteiger partial charge in [0.05, 0.1) is 12.2 Å². The summed E-state index contributed by atoms with van der Waals surface area (Å²) >= 11 is 0. The first-order valence-corrected chi connectivity index (χ1v) is 10.3. The van der Waals surface area contributed by atoms with Gasteiger partial charge in [0.2, 0.25) is 0 Å². The number of rotatable bonds is 8. The van der Waals surface area contributed by atoms with E-state index in [0.29, 0.717) is 23.8 Å². The quantitative estimate of drug-likeness (QED) is 0.309. The van der Waals surface area contributed by atoms with Crippen LogP contribution in [0.3, 0.4) is 0 Å². The van der Waals surface area contributed by atoms with E-state index < -0.39 is 12.1 Å². The monoisotopic (exact) mass is 426 g/mol. The Morgan fingerprint density at radius 3 is 2.58 bits per heavy atom. The zero-order chi connectivity index (χ0) is 22.7. The van der Waals surface area contributed by atoms with Gasteiger partial charge in [-0.25, -0.2) is 9.18 Å². The van der Waals surface area contributed by atoms with Crippen LogP contribution < -0.4 is 0 Å². The molecular weight excluding hydrogens is 399 g/mol. The van der Waals surface area contributed by atoms with Crippen LogP contribution in [0.4, 0.5) is 4.39 Å². The van der Waals surface area contributed by atoms with Gasteiger partial charge in [0.15, 0.2) is 0 Å². The summed E-state index contributed by atoms with van der Waals surface area (Å²) < 4.78 is 20.1. The summed E-state index contributed by atoms with van der Waals surface area (Å²) in [6.07, 6.45) is 0.221. The van der Waals surface area contributed by atoms with E-state index in [1.165, 1.54) is 6.07 Å². The Kier molecular flexibility index (Phi) is 6.81. The molecule has 0 spiro atoms. The van der Waals surface area contributed by atoms with Gasteiger partial charge < -0.3 is 19.7 Å². The summed E-state index contributed by atoms with van der Waals surface area (Å²) in [4.78, 5) is 10.7. The van der Waals surface area contributed by atoms with Crippen LogP contribution in [0.1, 0.15) is 49.5 Å². The second-order valence-electron chi connectivity index (χ2n) is 8.11. The van der Waals surface area contributed by atoms with Crippen LogP contribution in [-0.4, -0.2) is 27.4 Å². The molecule has 0 saturated heterocycles. The lowest BCUT2D eigenvalue weighted by molar-refractivity contribution is -0.131. The molecule has 1 atom stereocenters. The molecule has 2 aromatic carbocycles. The number of carboxylic acid groups (broad SMARTS) is 1. The van der Waals surface area contributed by atoms with Crippen molar-refractivity contribution in [2.24, 2.45) is 0 Å². The number of carboxylic acids is 1. The molecule has 1 unspecified atom stereocenters. The SMILES string of the molecule is Cc1cc(-c2c(CCC(O)C/C(O)=C\C(=O)O)oc3c(C(C)C)cccc23)ccc1F. The molecule has 1 aromatic heterocycles. The van der Waals surface area contributed by atoms with E-state index in [1.54, 1.807) is 19.1 Å². The lowest BCUT2D eigenvalue weighted by Gasteiger charge is -2.10. The summed E-state index contributed by atoms with van der Waals surface area (Å²) in [6.45, 7) is 5.88. The number of aliphatic hydroxyl groups excluding tert-OH is 2.